The Kier molecular flexibility index (Phi) is 4.36. The van der Waals surface area contributed by atoms with Gasteiger partial charge < -0.3 is 10.6 Å². The maximum absolute atomic E-state index is 13.7. The lowest BCUT2D eigenvalue weighted by Crippen LogP contribution is -2.39. The topological polar surface area (TPSA) is 63.4 Å². The van der Waals surface area contributed by atoms with Gasteiger partial charge in [-0.2, -0.15) is 13.2 Å². The van der Waals surface area contributed by atoms with Crippen molar-refractivity contribution in [3.63, 3.8) is 0 Å². The van der Waals surface area contributed by atoms with Crippen LogP contribution in [-0.4, -0.2) is 23.8 Å². The molecule has 0 radical (unpaired) electrons. The fraction of sp³-hybridized carbons (Fsp3) is 0.333. The van der Waals surface area contributed by atoms with Crippen LogP contribution in [0.25, 0.3) is 0 Å². The predicted molar refractivity (Wildman–Crippen MR) is 61.8 cm³/mol. The van der Waals surface area contributed by atoms with E-state index in [-0.39, 0.29) is 5.56 Å². The second kappa shape index (κ2) is 5.48. The van der Waals surface area contributed by atoms with E-state index in [0.29, 0.717) is 12.1 Å². The largest absolute Gasteiger partial charge is 0.416 e. The van der Waals surface area contributed by atoms with Crippen LogP contribution in [0.5, 0.6) is 0 Å². The van der Waals surface area contributed by atoms with Crippen LogP contribution in [0, 0.1) is 5.82 Å². The Balaban J connectivity index is 3.09. The van der Waals surface area contributed by atoms with Crippen LogP contribution in [0.4, 0.5) is 17.6 Å². The third-order valence-electron chi connectivity index (χ3n) is 2.89. The van der Waals surface area contributed by atoms with Crippen molar-refractivity contribution in [2.45, 2.75) is 19.1 Å². The summed E-state index contributed by atoms with van der Waals surface area (Å²) >= 11 is 0. The van der Waals surface area contributed by atoms with Crippen molar-refractivity contribution in [2.75, 3.05) is 7.05 Å². The molecule has 0 aliphatic rings. The first kappa shape index (κ1) is 15.9. The zero-order chi connectivity index (χ0) is 15.7. The number of likely N-dealkylation sites (N-methyl/N-ethyl adjacent to an activating group) is 1. The molecule has 0 saturated carbocycles. The molecule has 8 heteroatoms. The summed E-state index contributed by atoms with van der Waals surface area (Å²) in [5.41, 5.74) is 3.53. The van der Waals surface area contributed by atoms with Gasteiger partial charge in [-0.25, -0.2) is 4.39 Å². The monoisotopic (exact) mass is 292 g/mol. The van der Waals surface area contributed by atoms with Gasteiger partial charge in [0, 0.05) is 12.6 Å². The van der Waals surface area contributed by atoms with Crippen molar-refractivity contribution in [3.8, 4) is 0 Å². The minimum absolute atomic E-state index is 0.143. The number of amides is 2. The number of hydrogen-bond acceptors (Lipinski definition) is 2. The molecule has 2 N–H and O–H groups in total. The Morgan fingerprint density at radius 3 is 2.25 bits per heavy atom. The van der Waals surface area contributed by atoms with Gasteiger partial charge in [-0.15, -0.1) is 0 Å². The van der Waals surface area contributed by atoms with E-state index in [4.69, 9.17) is 5.73 Å². The number of hydrogen-bond donors (Lipinski definition) is 1. The van der Waals surface area contributed by atoms with Crippen molar-refractivity contribution < 1.29 is 27.2 Å². The standard InChI is InChI=1S/C12H12F4N2O2/c1-6(18(2)11(20)10(17)19)8-4-3-7(5-9(8)13)12(14,15)16/h3-6H,1-2H3,(H2,17,19). The molecular formula is C12H12F4N2O2. The van der Waals surface area contributed by atoms with Crippen molar-refractivity contribution in [3.05, 3.63) is 35.1 Å². The number of alkyl halides is 3. The maximum atomic E-state index is 13.7. The van der Waals surface area contributed by atoms with E-state index in [9.17, 15) is 27.2 Å². The number of nitrogens with zero attached hydrogens (tertiary/aromatic N) is 1. The molecule has 2 amide bonds. The summed E-state index contributed by atoms with van der Waals surface area (Å²) in [7, 11) is 1.20. The van der Waals surface area contributed by atoms with Gasteiger partial charge in [-0.3, -0.25) is 9.59 Å². The van der Waals surface area contributed by atoms with Crippen molar-refractivity contribution in [1.29, 1.82) is 0 Å². The minimum Gasteiger partial charge on any atom is -0.361 e. The fourth-order valence-corrected chi connectivity index (χ4v) is 1.60. The molecule has 1 aromatic rings. The number of primary amides is 1. The van der Waals surface area contributed by atoms with Gasteiger partial charge in [0.25, 0.3) is 0 Å². The van der Waals surface area contributed by atoms with E-state index >= 15 is 0 Å². The van der Waals surface area contributed by atoms with Crippen molar-refractivity contribution in [2.24, 2.45) is 5.73 Å². The van der Waals surface area contributed by atoms with Crippen LogP contribution in [0.15, 0.2) is 18.2 Å². The van der Waals surface area contributed by atoms with Crippen LogP contribution in [-0.2, 0) is 15.8 Å². The zero-order valence-electron chi connectivity index (χ0n) is 10.7. The highest BCUT2D eigenvalue weighted by Crippen LogP contribution is 2.32. The van der Waals surface area contributed by atoms with Gasteiger partial charge >= 0.3 is 18.0 Å². The molecule has 20 heavy (non-hydrogen) atoms. The van der Waals surface area contributed by atoms with Crippen LogP contribution < -0.4 is 5.73 Å². The smallest absolute Gasteiger partial charge is 0.361 e. The Labute approximate surface area is 112 Å². The molecule has 0 aliphatic heterocycles. The van der Waals surface area contributed by atoms with Crippen molar-refractivity contribution in [1.82, 2.24) is 4.90 Å². The van der Waals surface area contributed by atoms with Gasteiger partial charge in [0.15, 0.2) is 0 Å². The van der Waals surface area contributed by atoms with Crippen molar-refractivity contribution >= 4 is 11.8 Å². The maximum Gasteiger partial charge on any atom is 0.416 e. The molecule has 1 atom stereocenters. The quantitative estimate of drug-likeness (QED) is 0.668. The summed E-state index contributed by atoms with van der Waals surface area (Å²) < 4.78 is 50.9. The van der Waals surface area contributed by atoms with Crippen LogP contribution >= 0.6 is 0 Å². The van der Waals surface area contributed by atoms with Gasteiger partial charge in [0.2, 0.25) is 0 Å². The van der Waals surface area contributed by atoms with E-state index in [1.165, 1.54) is 14.0 Å². The first-order valence-electron chi connectivity index (χ1n) is 5.49. The summed E-state index contributed by atoms with van der Waals surface area (Å²) in [5, 5.41) is 0. The lowest BCUT2D eigenvalue weighted by atomic mass is 10.0. The van der Waals surface area contributed by atoms with E-state index in [2.05, 4.69) is 0 Å². The number of benzene rings is 1. The molecule has 1 unspecified atom stereocenters. The molecule has 1 rings (SSSR count). The Hall–Kier alpha value is -2.12. The summed E-state index contributed by atoms with van der Waals surface area (Å²) in [5.74, 6) is -3.40. The summed E-state index contributed by atoms with van der Waals surface area (Å²) in [6, 6.07) is 1.04. The second-order valence-electron chi connectivity index (χ2n) is 4.19. The lowest BCUT2D eigenvalue weighted by molar-refractivity contribution is -0.144. The Bertz CT molecular complexity index is 543. The third kappa shape index (κ3) is 3.25. The molecule has 4 nitrogen and oxygen atoms in total. The molecule has 0 aliphatic carbocycles. The molecule has 0 spiro atoms. The Morgan fingerprint density at radius 2 is 1.85 bits per heavy atom. The molecule has 110 valence electrons. The number of carbonyl (C=O) groups excluding carboxylic acids is 2. The summed E-state index contributed by atoms with van der Waals surface area (Å²) in [6.07, 6.45) is -4.66. The average Bonchev–Trinajstić information content (AvgIpc) is 2.34. The molecule has 0 bridgehead atoms. The molecule has 0 fully saturated rings. The van der Waals surface area contributed by atoms with E-state index in [1.54, 1.807) is 0 Å². The number of rotatable bonds is 2. The van der Waals surface area contributed by atoms with Crippen LogP contribution in [0.1, 0.15) is 24.1 Å². The number of halogens is 4. The second-order valence-corrected chi connectivity index (χ2v) is 4.19. The molecule has 1 aromatic carbocycles. The van der Waals surface area contributed by atoms with E-state index < -0.39 is 35.4 Å². The summed E-state index contributed by atoms with van der Waals surface area (Å²) in [4.78, 5) is 22.9. The molecule has 0 heterocycles. The minimum atomic E-state index is -4.66. The fourth-order valence-electron chi connectivity index (χ4n) is 1.60. The highest BCUT2D eigenvalue weighted by atomic mass is 19.4. The number of nitrogens with two attached hydrogens (primary N) is 1. The SMILES string of the molecule is CC(c1ccc(C(F)(F)F)cc1F)N(C)C(=O)C(N)=O. The zero-order valence-corrected chi connectivity index (χ0v) is 10.7. The van der Waals surface area contributed by atoms with Gasteiger partial charge in [0.1, 0.15) is 5.82 Å². The van der Waals surface area contributed by atoms with Crippen LogP contribution in [0.2, 0.25) is 0 Å². The van der Waals surface area contributed by atoms with E-state index in [1.807, 2.05) is 0 Å². The molecule has 0 aromatic heterocycles. The van der Waals surface area contributed by atoms with Gasteiger partial charge in [-0.05, 0) is 19.1 Å². The first-order chi connectivity index (χ1) is 9.05. The number of carbonyl (C=O) groups is 2. The van der Waals surface area contributed by atoms with Gasteiger partial charge in [-0.1, -0.05) is 6.07 Å². The highest BCUT2D eigenvalue weighted by Gasteiger charge is 2.32. The highest BCUT2D eigenvalue weighted by molar-refractivity contribution is 6.34. The normalized spacial score (nSPS) is 12.9. The first-order valence-corrected chi connectivity index (χ1v) is 5.49. The van der Waals surface area contributed by atoms with Gasteiger partial charge in [0.05, 0.1) is 11.6 Å². The van der Waals surface area contributed by atoms with Crippen LogP contribution in [0.3, 0.4) is 0 Å². The predicted octanol–water partition coefficient (Wildman–Crippen LogP) is 1.85. The Morgan fingerprint density at radius 1 is 1.30 bits per heavy atom. The molecular weight excluding hydrogens is 280 g/mol. The van der Waals surface area contributed by atoms with E-state index in [0.717, 1.165) is 11.0 Å². The average molecular weight is 292 g/mol. The third-order valence-corrected chi connectivity index (χ3v) is 2.89. The molecule has 0 saturated heterocycles. The summed E-state index contributed by atoms with van der Waals surface area (Å²) in [6.45, 7) is 1.37. The lowest BCUT2D eigenvalue weighted by Gasteiger charge is -2.24.